The summed E-state index contributed by atoms with van der Waals surface area (Å²) in [5, 5.41) is 4.14. The van der Waals surface area contributed by atoms with Gasteiger partial charge >= 0.3 is 0 Å². The van der Waals surface area contributed by atoms with Crippen LogP contribution in [0.25, 0.3) is 0 Å². The molecule has 0 spiro atoms. The van der Waals surface area contributed by atoms with E-state index in [1.54, 1.807) is 7.11 Å². The van der Waals surface area contributed by atoms with Gasteiger partial charge in [-0.05, 0) is 50.9 Å². The topological polar surface area (TPSA) is 24.5 Å². The maximum atomic E-state index is 6.26. The number of fused-ring (bicyclic) bond motifs is 2. The zero-order chi connectivity index (χ0) is 13.4. The number of hydrogen-bond donors (Lipinski definition) is 1. The Balaban J connectivity index is 1.85. The van der Waals surface area contributed by atoms with Crippen LogP contribution in [0.3, 0.4) is 0 Å². The lowest BCUT2D eigenvalue weighted by Gasteiger charge is -2.40. The van der Waals surface area contributed by atoms with Gasteiger partial charge in [0.2, 0.25) is 0 Å². The minimum Gasteiger partial charge on any atom is -0.495 e. The molecule has 4 heteroatoms. The molecule has 0 aromatic heterocycles. The van der Waals surface area contributed by atoms with Gasteiger partial charge in [0.05, 0.1) is 12.1 Å². The Bertz CT molecular complexity index is 451. The van der Waals surface area contributed by atoms with Crippen LogP contribution in [-0.4, -0.2) is 32.3 Å². The highest BCUT2D eigenvalue weighted by atomic mass is 35.5. The Morgan fingerprint density at radius 1 is 1.26 bits per heavy atom. The molecule has 1 aromatic carbocycles. The monoisotopic (exact) mass is 280 g/mol. The number of benzene rings is 1. The second kappa shape index (κ2) is 5.22. The average Bonchev–Trinajstić information content (AvgIpc) is 2.69. The molecule has 2 bridgehead atoms. The summed E-state index contributed by atoms with van der Waals surface area (Å²) in [5.41, 5.74) is 1.24. The molecule has 0 saturated carbocycles. The maximum Gasteiger partial charge on any atom is 0.137 e. The molecule has 104 valence electrons. The highest BCUT2D eigenvalue weighted by Gasteiger charge is 2.40. The molecule has 2 aliphatic rings. The van der Waals surface area contributed by atoms with Gasteiger partial charge in [0.25, 0.3) is 0 Å². The first-order valence-electron chi connectivity index (χ1n) is 7.02. The Labute approximate surface area is 119 Å². The Kier molecular flexibility index (Phi) is 3.59. The summed E-state index contributed by atoms with van der Waals surface area (Å²) in [5.74, 6) is 0.753. The van der Waals surface area contributed by atoms with Crippen molar-refractivity contribution in [3.8, 4) is 5.75 Å². The van der Waals surface area contributed by atoms with Gasteiger partial charge in [0.1, 0.15) is 5.75 Å². The first-order chi connectivity index (χ1) is 9.22. The predicted molar refractivity (Wildman–Crippen MR) is 79.4 cm³/mol. The van der Waals surface area contributed by atoms with Crippen molar-refractivity contribution in [2.24, 2.45) is 0 Å². The number of nitrogens with one attached hydrogen (secondary N) is 1. The number of nitrogens with zero attached hydrogens (tertiary/aromatic N) is 1. The van der Waals surface area contributed by atoms with Crippen LogP contribution < -0.4 is 15.0 Å². The highest BCUT2D eigenvalue weighted by molar-refractivity contribution is 6.32. The van der Waals surface area contributed by atoms with E-state index in [1.165, 1.54) is 31.4 Å². The highest BCUT2D eigenvalue weighted by Crippen LogP contribution is 2.41. The van der Waals surface area contributed by atoms with Crippen LogP contribution in [0.4, 0.5) is 5.69 Å². The number of halogens is 1. The number of rotatable bonds is 3. The fourth-order valence-electron chi connectivity index (χ4n) is 3.65. The van der Waals surface area contributed by atoms with E-state index in [2.05, 4.69) is 23.3 Å². The van der Waals surface area contributed by atoms with Crippen LogP contribution in [0.5, 0.6) is 5.75 Å². The van der Waals surface area contributed by atoms with Crippen LogP contribution in [0.15, 0.2) is 18.2 Å². The van der Waals surface area contributed by atoms with Crippen LogP contribution in [-0.2, 0) is 0 Å². The summed E-state index contributed by atoms with van der Waals surface area (Å²) in [6, 6.07) is 8.13. The lowest BCUT2D eigenvalue weighted by molar-refractivity contribution is 0.373. The molecule has 0 radical (unpaired) electrons. The van der Waals surface area contributed by atoms with Crippen molar-refractivity contribution in [3.05, 3.63) is 23.2 Å². The van der Waals surface area contributed by atoms with Crippen molar-refractivity contribution in [1.29, 1.82) is 0 Å². The van der Waals surface area contributed by atoms with Gasteiger partial charge in [-0.15, -0.1) is 0 Å². The molecule has 19 heavy (non-hydrogen) atoms. The Morgan fingerprint density at radius 2 is 1.95 bits per heavy atom. The van der Waals surface area contributed by atoms with Crippen molar-refractivity contribution in [1.82, 2.24) is 5.32 Å². The molecule has 3 nitrogen and oxygen atoms in total. The molecular formula is C15H21ClN2O. The van der Waals surface area contributed by atoms with Crippen molar-refractivity contribution in [2.45, 2.75) is 43.8 Å². The second-order valence-electron chi connectivity index (χ2n) is 5.57. The third-order valence-corrected chi connectivity index (χ3v) is 4.87. The lowest BCUT2D eigenvalue weighted by Crippen LogP contribution is -2.48. The van der Waals surface area contributed by atoms with Gasteiger partial charge in [-0.2, -0.15) is 0 Å². The van der Waals surface area contributed by atoms with Gasteiger partial charge in [0, 0.05) is 23.8 Å². The van der Waals surface area contributed by atoms with Gasteiger partial charge in [0.15, 0.2) is 0 Å². The molecule has 2 atom stereocenters. The molecule has 2 saturated heterocycles. The average molecular weight is 281 g/mol. The minimum absolute atomic E-state index is 0.653. The number of piperidine rings is 1. The molecule has 1 N–H and O–H groups in total. The number of ether oxygens (including phenoxy) is 1. The van der Waals surface area contributed by atoms with Crippen LogP contribution in [0, 0.1) is 0 Å². The predicted octanol–water partition coefficient (Wildman–Crippen LogP) is 3.07. The molecule has 1 aromatic rings. The zero-order valence-electron chi connectivity index (χ0n) is 11.5. The fourth-order valence-corrected chi connectivity index (χ4v) is 3.90. The van der Waals surface area contributed by atoms with Crippen LogP contribution in [0.2, 0.25) is 5.02 Å². The largest absolute Gasteiger partial charge is 0.495 e. The smallest absolute Gasteiger partial charge is 0.137 e. The lowest BCUT2D eigenvalue weighted by atomic mass is 9.97. The molecule has 2 unspecified atom stereocenters. The van der Waals surface area contributed by atoms with E-state index in [1.807, 2.05) is 12.1 Å². The zero-order valence-corrected chi connectivity index (χ0v) is 12.3. The third-order valence-electron chi connectivity index (χ3n) is 4.57. The van der Waals surface area contributed by atoms with Crippen molar-refractivity contribution in [3.63, 3.8) is 0 Å². The third kappa shape index (κ3) is 2.30. The molecule has 2 aliphatic heterocycles. The van der Waals surface area contributed by atoms with Gasteiger partial charge < -0.3 is 15.0 Å². The van der Waals surface area contributed by atoms with E-state index in [0.717, 1.165) is 5.75 Å². The van der Waals surface area contributed by atoms with Gasteiger partial charge in [-0.3, -0.25) is 0 Å². The first kappa shape index (κ1) is 13.1. The quantitative estimate of drug-likeness (QED) is 0.921. The van der Waals surface area contributed by atoms with Crippen molar-refractivity contribution < 1.29 is 4.74 Å². The summed E-state index contributed by atoms with van der Waals surface area (Å²) in [7, 11) is 3.73. The SMILES string of the molecule is CNC1CC2CCC(C1)N2c1ccc(OC)c(Cl)c1. The van der Waals surface area contributed by atoms with Crippen LogP contribution >= 0.6 is 11.6 Å². The van der Waals surface area contributed by atoms with Crippen molar-refractivity contribution >= 4 is 17.3 Å². The standard InChI is InChI=1S/C15H21ClN2O/c1-17-10-7-11-3-4-12(8-10)18(11)13-5-6-15(19-2)14(16)9-13/h5-6,9-12,17H,3-4,7-8H2,1-2H3. The van der Waals surface area contributed by atoms with E-state index in [9.17, 15) is 0 Å². The minimum atomic E-state index is 0.653. The second-order valence-corrected chi connectivity index (χ2v) is 5.98. The van der Waals surface area contributed by atoms with Gasteiger partial charge in [-0.25, -0.2) is 0 Å². The number of methoxy groups -OCH3 is 1. The number of anilines is 1. The summed E-state index contributed by atoms with van der Waals surface area (Å²) < 4.78 is 5.23. The molecule has 2 heterocycles. The van der Waals surface area contributed by atoms with E-state index >= 15 is 0 Å². The number of hydrogen-bond acceptors (Lipinski definition) is 3. The fraction of sp³-hybridized carbons (Fsp3) is 0.600. The Morgan fingerprint density at radius 3 is 2.47 bits per heavy atom. The van der Waals surface area contributed by atoms with E-state index < -0.39 is 0 Å². The summed E-state index contributed by atoms with van der Waals surface area (Å²) in [4.78, 5) is 2.57. The molecular weight excluding hydrogens is 260 g/mol. The molecule has 0 amide bonds. The van der Waals surface area contributed by atoms with E-state index in [4.69, 9.17) is 16.3 Å². The van der Waals surface area contributed by atoms with Crippen LogP contribution in [0.1, 0.15) is 25.7 Å². The summed E-state index contributed by atoms with van der Waals surface area (Å²) in [6.45, 7) is 0. The van der Waals surface area contributed by atoms with E-state index in [-0.39, 0.29) is 0 Å². The first-order valence-corrected chi connectivity index (χ1v) is 7.40. The van der Waals surface area contributed by atoms with E-state index in [0.29, 0.717) is 23.1 Å². The molecule has 3 rings (SSSR count). The summed E-state index contributed by atoms with van der Waals surface area (Å²) in [6.07, 6.45) is 5.06. The normalized spacial score (nSPS) is 29.6. The van der Waals surface area contributed by atoms with Crippen molar-refractivity contribution in [2.75, 3.05) is 19.1 Å². The Hall–Kier alpha value is -0.930. The molecule has 0 aliphatic carbocycles. The summed E-state index contributed by atoms with van der Waals surface area (Å²) >= 11 is 6.26. The van der Waals surface area contributed by atoms with Gasteiger partial charge in [-0.1, -0.05) is 11.6 Å². The molecule has 2 fully saturated rings. The maximum absolute atomic E-state index is 6.26.